The van der Waals surface area contributed by atoms with Crippen molar-refractivity contribution < 1.29 is 23.8 Å². The summed E-state index contributed by atoms with van der Waals surface area (Å²) in [5, 5.41) is 8.68. The molecule has 4 nitrogen and oxygen atoms in total. The lowest BCUT2D eigenvalue weighted by Gasteiger charge is -2.21. The molecule has 0 atom stereocenters. The SMILES string of the molecule is O=C(O)CCCSc1ccc(-c2cccc3c2OC2(CCCC2)O3)cc1F. The maximum Gasteiger partial charge on any atom is 0.303 e. The Morgan fingerprint density at radius 2 is 2.00 bits per heavy atom. The lowest BCUT2D eigenvalue weighted by molar-refractivity contribution is -0.137. The summed E-state index contributed by atoms with van der Waals surface area (Å²) < 4.78 is 26.9. The van der Waals surface area contributed by atoms with Gasteiger partial charge >= 0.3 is 5.97 Å². The van der Waals surface area contributed by atoms with Gasteiger partial charge in [0.05, 0.1) is 0 Å². The lowest BCUT2D eigenvalue weighted by atomic mass is 10.0. The molecular formula is C21H21FO4S. The molecule has 0 bridgehead atoms. The van der Waals surface area contributed by atoms with Crippen LogP contribution in [0, 0.1) is 5.82 Å². The van der Waals surface area contributed by atoms with Gasteiger partial charge in [-0.3, -0.25) is 4.79 Å². The smallest absolute Gasteiger partial charge is 0.303 e. The normalized spacial score (nSPS) is 16.8. The fraction of sp³-hybridized carbons (Fsp3) is 0.381. The highest BCUT2D eigenvalue weighted by Crippen LogP contribution is 2.50. The van der Waals surface area contributed by atoms with Crippen molar-refractivity contribution in [2.75, 3.05) is 5.75 Å². The summed E-state index contributed by atoms with van der Waals surface area (Å²) >= 11 is 1.34. The molecule has 6 heteroatoms. The van der Waals surface area contributed by atoms with E-state index in [0.717, 1.165) is 42.6 Å². The van der Waals surface area contributed by atoms with Gasteiger partial charge < -0.3 is 14.6 Å². The van der Waals surface area contributed by atoms with E-state index in [0.29, 0.717) is 22.8 Å². The van der Waals surface area contributed by atoms with E-state index in [1.807, 2.05) is 24.3 Å². The number of para-hydroxylation sites is 1. The minimum absolute atomic E-state index is 0.0992. The van der Waals surface area contributed by atoms with Crippen LogP contribution in [0.25, 0.3) is 11.1 Å². The molecule has 1 spiro atoms. The number of carboxylic acid groups (broad SMARTS) is 1. The summed E-state index contributed by atoms with van der Waals surface area (Å²) in [7, 11) is 0. The molecule has 4 rings (SSSR count). The minimum Gasteiger partial charge on any atom is -0.481 e. The van der Waals surface area contributed by atoms with E-state index in [1.165, 1.54) is 17.8 Å². The van der Waals surface area contributed by atoms with E-state index < -0.39 is 11.8 Å². The molecule has 0 aromatic heterocycles. The standard InChI is InChI=1S/C21H21FO4S/c22-16-13-14(8-9-18(16)27-12-4-7-19(23)24)15-5-3-6-17-20(15)26-21(25-17)10-1-2-11-21/h3,5-6,8-9,13H,1-2,4,7,10-12H2,(H,23,24). The maximum absolute atomic E-state index is 14.6. The monoisotopic (exact) mass is 388 g/mol. The summed E-state index contributed by atoms with van der Waals surface area (Å²) in [6, 6.07) is 10.9. The largest absolute Gasteiger partial charge is 0.481 e. The van der Waals surface area contributed by atoms with Gasteiger partial charge in [-0.15, -0.1) is 11.8 Å². The molecule has 27 heavy (non-hydrogen) atoms. The van der Waals surface area contributed by atoms with Crippen molar-refractivity contribution in [2.24, 2.45) is 0 Å². The zero-order valence-electron chi connectivity index (χ0n) is 14.9. The Labute approximate surface area is 161 Å². The second-order valence-corrected chi connectivity index (χ2v) is 8.08. The highest BCUT2D eigenvalue weighted by Gasteiger charge is 2.44. The molecule has 0 amide bonds. The molecule has 142 valence electrons. The van der Waals surface area contributed by atoms with Crippen molar-refractivity contribution in [3.8, 4) is 22.6 Å². The van der Waals surface area contributed by atoms with Crippen molar-refractivity contribution in [1.29, 1.82) is 0 Å². The Hall–Kier alpha value is -2.21. The van der Waals surface area contributed by atoms with Crippen LogP contribution in [0.15, 0.2) is 41.3 Å². The quantitative estimate of drug-likeness (QED) is 0.524. The van der Waals surface area contributed by atoms with Crippen LogP contribution in [0.3, 0.4) is 0 Å². The zero-order chi connectivity index (χ0) is 18.9. The van der Waals surface area contributed by atoms with Gasteiger partial charge in [-0.05, 0) is 48.8 Å². The van der Waals surface area contributed by atoms with E-state index in [1.54, 1.807) is 6.07 Å². The van der Waals surface area contributed by atoms with Crippen LogP contribution in [0.5, 0.6) is 11.5 Å². The molecule has 2 aromatic carbocycles. The van der Waals surface area contributed by atoms with Crippen LogP contribution < -0.4 is 9.47 Å². The van der Waals surface area contributed by atoms with Crippen molar-refractivity contribution in [1.82, 2.24) is 0 Å². The zero-order valence-corrected chi connectivity index (χ0v) is 15.7. The summed E-state index contributed by atoms with van der Waals surface area (Å²) in [6.45, 7) is 0. The van der Waals surface area contributed by atoms with Gasteiger partial charge in [-0.2, -0.15) is 0 Å². The summed E-state index contributed by atoms with van der Waals surface area (Å²) in [5.74, 6) is 0.314. The van der Waals surface area contributed by atoms with Gasteiger partial charge in [-0.25, -0.2) is 4.39 Å². The number of hydrogen-bond acceptors (Lipinski definition) is 4. The number of benzene rings is 2. The Morgan fingerprint density at radius 1 is 1.19 bits per heavy atom. The van der Waals surface area contributed by atoms with E-state index in [2.05, 4.69) is 0 Å². The van der Waals surface area contributed by atoms with Crippen molar-refractivity contribution >= 4 is 17.7 Å². The van der Waals surface area contributed by atoms with Gasteiger partial charge in [0, 0.05) is 29.7 Å². The molecule has 0 unspecified atom stereocenters. The van der Waals surface area contributed by atoms with Gasteiger partial charge in [0.25, 0.3) is 5.79 Å². The van der Waals surface area contributed by atoms with Crippen molar-refractivity contribution in [2.45, 2.75) is 49.2 Å². The number of ether oxygens (including phenoxy) is 2. The first kappa shape index (κ1) is 18.2. The van der Waals surface area contributed by atoms with Crippen LogP contribution in [0.1, 0.15) is 38.5 Å². The van der Waals surface area contributed by atoms with Crippen LogP contribution in [-0.4, -0.2) is 22.6 Å². The van der Waals surface area contributed by atoms with E-state index in [9.17, 15) is 9.18 Å². The van der Waals surface area contributed by atoms with Gasteiger partial charge in [0.1, 0.15) is 5.82 Å². The Bertz CT molecular complexity index is 861. The van der Waals surface area contributed by atoms with E-state index in [-0.39, 0.29) is 12.2 Å². The first-order valence-corrected chi connectivity index (χ1v) is 10.2. The third kappa shape index (κ3) is 3.76. The average molecular weight is 388 g/mol. The summed E-state index contributed by atoms with van der Waals surface area (Å²) in [6.07, 6.45) is 4.54. The molecule has 1 N–H and O–H groups in total. The third-order valence-corrected chi connectivity index (χ3v) is 6.10. The van der Waals surface area contributed by atoms with Gasteiger partial charge in [-0.1, -0.05) is 18.2 Å². The fourth-order valence-electron chi connectivity index (χ4n) is 3.64. The predicted molar refractivity (Wildman–Crippen MR) is 102 cm³/mol. The van der Waals surface area contributed by atoms with Crippen molar-refractivity contribution in [3.63, 3.8) is 0 Å². The predicted octanol–water partition coefficient (Wildman–Crippen LogP) is 5.49. The lowest BCUT2D eigenvalue weighted by Crippen LogP contribution is -2.34. The molecule has 1 fully saturated rings. The second-order valence-electron chi connectivity index (χ2n) is 6.95. The third-order valence-electron chi connectivity index (χ3n) is 4.96. The molecule has 1 aliphatic carbocycles. The fourth-order valence-corrected chi connectivity index (χ4v) is 4.51. The van der Waals surface area contributed by atoms with Crippen LogP contribution in [0.2, 0.25) is 0 Å². The first-order chi connectivity index (χ1) is 13.1. The Morgan fingerprint density at radius 3 is 2.74 bits per heavy atom. The number of hydrogen-bond donors (Lipinski definition) is 1. The highest BCUT2D eigenvalue weighted by atomic mass is 32.2. The molecule has 1 saturated carbocycles. The minimum atomic E-state index is -0.827. The Kier molecular flexibility index (Phi) is 5.00. The number of fused-ring (bicyclic) bond motifs is 1. The van der Waals surface area contributed by atoms with Gasteiger partial charge in [0.15, 0.2) is 11.5 Å². The number of carbonyl (C=O) groups is 1. The topological polar surface area (TPSA) is 55.8 Å². The molecule has 2 aliphatic rings. The van der Waals surface area contributed by atoms with Crippen molar-refractivity contribution in [3.05, 3.63) is 42.2 Å². The molecule has 1 aliphatic heterocycles. The molecule has 0 saturated heterocycles. The summed E-state index contributed by atoms with van der Waals surface area (Å²) in [4.78, 5) is 11.1. The number of halogens is 1. The number of thioether (sulfide) groups is 1. The van der Waals surface area contributed by atoms with Crippen LogP contribution in [-0.2, 0) is 4.79 Å². The maximum atomic E-state index is 14.6. The molecule has 2 aromatic rings. The number of carboxylic acids is 1. The molecular weight excluding hydrogens is 367 g/mol. The molecule has 1 heterocycles. The average Bonchev–Trinajstić information content (AvgIpc) is 3.25. The highest BCUT2D eigenvalue weighted by molar-refractivity contribution is 7.99. The number of rotatable bonds is 6. The summed E-state index contributed by atoms with van der Waals surface area (Å²) in [5.41, 5.74) is 1.58. The van der Waals surface area contributed by atoms with Crippen LogP contribution in [0.4, 0.5) is 4.39 Å². The second kappa shape index (κ2) is 7.43. The number of aliphatic carboxylic acids is 1. The van der Waals surface area contributed by atoms with Crippen LogP contribution >= 0.6 is 11.8 Å². The first-order valence-electron chi connectivity index (χ1n) is 9.22. The molecule has 0 radical (unpaired) electrons. The van der Waals surface area contributed by atoms with Gasteiger partial charge in [0.2, 0.25) is 0 Å². The Balaban J connectivity index is 1.53. The van der Waals surface area contributed by atoms with E-state index in [4.69, 9.17) is 14.6 Å². The van der Waals surface area contributed by atoms with E-state index >= 15 is 0 Å².